The third-order valence-corrected chi connectivity index (χ3v) is 3.39. The summed E-state index contributed by atoms with van der Waals surface area (Å²) in [4.78, 5) is 23.2. The Kier molecular flexibility index (Phi) is 4.78. The normalized spacial score (nSPS) is 12.2. The highest BCUT2D eigenvalue weighted by atomic mass is 19.1. The molecule has 0 saturated carbocycles. The van der Waals surface area contributed by atoms with Gasteiger partial charge in [-0.15, -0.1) is 0 Å². The van der Waals surface area contributed by atoms with Gasteiger partial charge in [-0.2, -0.15) is 5.10 Å². The number of nitrogens with zero attached hydrogens (tertiary/aromatic N) is 2. The number of carboxylic acids is 1. The molecule has 0 saturated heterocycles. The van der Waals surface area contributed by atoms with Gasteiger partial charge in [0, 0.05) is 0 Å². The number of carbonyl (C=O) groups is 2. The number of amides is 1. The molecule has 0 radical (unpaired) electrons. The van der Waals surface area contributed by atoms with Gasteiger partial charge >= 0.3 is 5.97 Å². The molecule has 0 aliphatic carbocycles. The lowest BCUT2D eigenvalue weighted by Crippen LogP contribution is -2.38. The SMILES string of the molecule is CC(C)c1c(C(=O)N[C@H](C)C(=O)O)cnn1-c1ccc(F)cc1. The molecule has 7 heteroatoms. The van der Waals surface area contributed by atoms with Crippen molar-refractivity contribution in [1.29, 1.82) is 0 Å². The first kappa shape index (κ1) is 16.7. The summed E-state index contributed by atoms with van der Waals surface area (Å²) in [6.07, 6.45) is 1.39. The van der Waals surface area contributed by atoms with Gasteiger partial charge in [0.1, 0.15) is 11.9 Å². The first-order chi connectivity index (χ1) is 10.8. The Morgan fingerprint density at radius 3 is 2.35 bits per heavy atom. The summed E-state index contributed by atoms with van der Waals surface area (Å²) in [6, 6.07) is 4.75. The molecule has 1 aromatic heterocycles. The van der Waals surface area contributed by atoms with Crippen molar-refractivity contribution < 1.29 is 19.1 Å². The van der Waals surface area contributed by atoms with Crippen molar-refractivity contribution in [3.05, 3.63) is 47.5 Å². The van der Waals surface area contributed by atoms with Crippen molar-refractivity contribution in [2.24, 2.45) is 0 Å². The van der Waals surface area contributed by atoms with Gasteiger partial charge in [0.2, 0.25) is 0 Å². The molecule has 0 spiro atoms. The molecule has 23 heavy (non-hydrogen) atoms. The van der Waals surface area contributed by atoms with Crippen LogP contribution in [0.4, 0.5) is 4.39 Å². The minimum absolute atomic E-state index is 0.0385. The van der Waals surface area contributed by atoms with Gasteiger partial charge in [-0.1, -0.05) is 13.8 Å². The largest absolute Gasteiger partial charge is 0.480 e. The Morgan fingerprint density at radius 1 is 1.22 bits per heavy atom. The fourth-order valence-corrected chi connectivity index (χ4v) is 2.21. The van der Waals surface area contributed by atoms with E-state index in [9.17, 15) is 14.0 Å². The highest BCUT2D eigenvalue weighted by molar-refractivity contribution is 5.97. The van der Waals surface area contributed by atoms with E-state index in [-0.39, 0.29) is 11.7 Å². The summed E-state index contributed by atoms with van der Waals surface area (Å²) in [6.45, 7) is 5.18. The number of carboxylic acid groups (broad SMARTS) is 1. The Labute approximate surface area is 132 Å². The van der Waals surface area contributed by atoms with E-state index in [0.717, 1.165) is 0 Å². The van der Waals surface area contributed by atoms with Crippen molar-refractivity contribution in [3.63, 3.8) is 0 Å². The van der Waals surface area contributed by atoms with Gasteiger partial charge < -0.3 is 10.4 Å². The van der Waals surface area contributed by atoms with E-state index in [0.29, 0.717) is 16.9 Å². The molecule has 122 valence electrons. The van der Waals surface area contributed by atoms with Crippen LogP contribution >= 0.6 is 0 Å². The maximum Gasteiger partial charge on any atom is 0.325 e. The van der Waals surface area contributed by atoms with Crippen LogP contribution in [0.25, 0.3) is 5.69 Å². The lowest BCUT2D eigenvalue weighted by Gasteiger charge is -2.14. The van der Waals surface area contributed by atoms with E-state index in [4.69, 9.17) is 5.11 Å². The lowest BCUT2D eigenvalue weighted by atomic mass is 10.0. The zero-order valence-corrected chi connectivity index (χ0v) is 13.1. The van der Waals surface area contributed by atoms with E-state index < -0.39 is 17.9 Å². The fraction of sp³-hybridized carbons (Fsp3) is 0.312. The summed E-state index contributed by atoms with van der Waals surface area (Å²) in [5.41, 5.74) is 1.56. The molecule has 1 amide bonds. The van der Waals surface area contributed by atoms with Crippen LogP contribution in [0, 0.1) is 5.82 Å². The molecule has 0 bridgehead atoms. The number of rotatable bonds is 5. The van der Waals surface area contributed by atoms with Crippen LogP contribution in [-0.2, 0) is 4.79 Å². The number of halogens is 1. The molecule has 1 heterocycles. The zero-order valence-electron chi connectivity index (χ0n) is 13.1. The Balaban J connectivity index is 2.41. The fourth-order valence-electron chi connectivity index (χ4n) is 2.21. The van der Waals surface area contributed by atoms with Crippen LogP contribution in [0.3, 0.4) is 0 Å². The number of carbonyl (C=O) groups excluding carboxylic acids is 1. The summed E-state index contributed by atoms with van der Waals surface area (Å²) >= 11 is 0. The van der Waals surface area contributed by atoms with Crippen molar-refractivity contribution in [2.45, 2.75) is 32.7 Å². The van der Waals surface area contributed by atoms with Crippen molar-refractivity contribution in [3.8, 4) is 5.69 Å². The quantitative estimate of drug-likeness (QED) is 0.886. The molecule has 2 rings (SSSR count). The van der Waals surface area contributed by atoms with Gasteiger partial charge in [0.25, 0.3) is 5.91 Å². The molecule has 1 atom stereocenters. The van der Waals surface area contributed by atoms with Gasteiger partial charge in [-0.3, -0.25) is 9.59 Å². The van der Waals surface area contributed by atoms with Crippen molar-refractivity contribution in [1.82, 2.24) is 15.1 Å². The third kappa shape index (κ3) is 3.56. The Hall–Kier alpha value is -2.70. The number of hydrogen-bond acceptors (Lipinski definition) is 3. The Morgan fingerprint density at radius 2 is 1.83 bits per heavy atom. The van der Waals surface area contributed by atoms with Crippen LogP contribution < -0.4 is 5.32 Å². The predicted octanol–water partition coefficient (Wildman–Crippen LogP) is 2.34. The molecule has 0 aliphatic heterocycles. The third-order valence-electron chi connectivity index (χ3n) is 3.39. The average Bonchev–Trinajstić information content (AvgIpc) is 2.92. The first-order valence-electron chi connectivity index (χ1n) is 7.18. The second kappa shape index (κ2) is 6.60. The van der Waals surface area contributed by atoms with Crippen LogP contribution in [0.1, 0.15) is 42.7 Å². The Bertz CT molecular complexity index is 723. The number of benzene rings is 1. The predicted molar refractivity (Wildman–Crippen MR) is 82.2 cm³/mol. The number of nitrogens with one attached hydrogen (secondary N) is 1. The zero-order chi connectivity index (χ0) is 17.1. The lowest BCUT2D eigenvalue weighted by molar-refractivity contribution is -0.138. The van der Waals surface area contributed by atoms with Gasteiger partial charge in [0.05, 0.1) is 23.1 Å². The van der Waals surface area contributed by atoms with E-state index >= 15 is 0 Å². The number of hydrogen-bond donors (Lipinski definition) is 2. The standard InChI is InChI=1S/C16H18FN3O3/c1-9(2)14-13(15(21)19-10(3)16(22)23)8-18-20(14)12-6-4-11(17)5-7-12/h4-10H,1-3H3,(H,19,21)(H,22,23)/t10-/m1/s1. The highest BCUT2D eigenvalue weighted by Crippen LogP contribution is 2.23. The van der Waals surface area contributed by atoms with Crippen LogP contribution in [-0.4, -0.2) is 32.8 Å². The van der Waals surface area contributed by atoms with E-state index in [1.807, 2.05) is 13.8 Å². The molecule has 2 N–H and O–H groups in total. The molecule has 2 aromatic rings. The second-order valence-corrected chi connectivity index (χ2v) is 5.52. The maximum atomic E-state index is 13.1. The molecule has 0 fully saturated rings. The molecule has 1 aromatic carbocycles. The van der Waals surface area contributed by atoms with Crippen molar-refractivity contribution >= 4 is 11.9 Å². The molecular formula is C16H18FN3O3. The van der Waals surface area contributed by atoms with Crippen molar-refractivity contribution in [2.75, 3.05) is 0 Å². The first-order valence-corrected chi connectivity index (χ1v) is 7.18. The van der Waals surface area contributed by atoms with Gasteiger partial charge in [-0.25, -0.2) is 9.07 Å². The summed E-state index contributed by atoms with van der Waals surface area (Å²) in [5, 5.41) is 15.5. The summed E-state index contributed by atoms with van der Waals surface area (Å²) < 4.78 is 14.6. The topological polar surface area (TPSA) is 84.2 Å². The average molecular weight is 319 g/mol. The van der Waals surface area contributed by atoms with Crippen LogP contribution in [0.5, 0.6) is 0 Å². The summed E-state index contributed by atoms with van der Waals surface area (Å²) in [5.74, 6) is -2.02. The van der Waals surface area contributed by atoms with Gasteiger partial charge in [0.15, 0.2) is 0 Å². The smallest absolute Gasteiger partial charge is 0.325 e. The maximum absolute atomic E-state index is 13.1. The van der Waals surface area contributed by atoms with E-state index in [1.54, 1.807) is 16.8 Å². The van der Waals surface area contributed by atoms with E-state index in [1.165, 1.54) is 25.3 Å². The monoisotopic (exact) mass is 319 g/mol. The number of aromatic nitrogens is 2. The van der Waals surface area contributed by atoms with E-state index in [2.05, 4.69) is 10.4 Å². The minimum Gasteiger partial charge on any atom is -0.480 e. The van der Waals surface area contributed by atoms with Crippen LogP contribution in [0.2, 0.25) is 0 Å². The minimum atomic E-state index is -1.12. The highest BCUT2D eigenvalue weighted by Gasteiger charge is 2.23. The molecule has 0 unspecified atom stereocenters. The second-order valence-electron chi connectivity index (χ2n) is 5.52. The van der Waals surface area contributed by atoms with Gasteiger partial charge in [-0.05, 0) is 37.1 Å². The summed E-state index contributed by atoms with van der Waals surface area (Å²) in [7, 11) is 0. The van der Waals surface area contributed by atoms with Crippen LogP contribution in [0.15, 0.2) is 30.5 Å². The molecular weight excluding hydrogens is 301 g/mol. The number of aliphatic carboxylic acids is 1. The molecule has 0 aliphatic rings. The molecule has 6 nitrogen and oxygen atoms in total.